The summed E-state index contributed by atoms with van der Waals surface area (Å²) in [5.41, 5.74) is 0.223. The van der Waals surface area contributed by atoms with Crippen LogP contribution in [0.2, 0.25) is 0 Å². The van der Waals surface area contributed by atoms with Crippen molar-refractivity contribution in [1.82, 2.24) is 15.2 Å². The van der Waals surface area contributed by atoms with Crippen molar-refractivity contribution in [3.8, 4) is 0 Å². The van der Waals surface area contributed by atoms with E-state index in [0.29, 0.717) is 31.5 Å². The van der Waals surface area contributed by atoms with Crippen LogP contribution in [0.1, 0.15) is 44.1 Å². The van der Waals surface area contributed by atoms with Crippen molar-refractivity contribution < 1.29 is 14.7 Å². The van der Waals surface area contributed by atoms with Gasteiger partial charge >= 0.3 is 0 Å². The molecular weight excluding hydrogens is 354 g/mol. The predicted molar refractivity (Wildman–Crippen MR) is 103 cm³/mol. The number of likely N-dealkylation sites (tertiary alicyclic amines) is 1. The van der Waals surface area contributed by atoms with E-state index in [1.807, 2.05) is 12.1 Å². The van der Waals surface area contributed by atoms with Gasteiger partial charge in [-0.3, -0.25) is 14.6 Å². The van der Waals surface area contributed by atoms with E-state index in [-0.39, 0.29) is 24.2 Å². The van der Waals surface area contributed by atoms with Gasteiger partial charge in [-0.25, -0.2) is 0 Å². The second-order valence-corrected chi connectivity index (χ2v) is 9.55. The van der Waals surface area contributed by atoms with E-state index >= 15 is 0 Å². The molecule has 150 valence electrons. The Morgan fingerprint density at radius 3 is 2.57 bits per heavy atom. The molecule has 1 aromatic rings. The monoisotopic (exact) mass is 383 g/mol. The van der Waals surface area contributed by atoms with E-state index in [2.05, 4.69) is 10.3 Å². The third-order valence-electron chi connectivity index (χ3n) is 7.78. The minimum atomic E-state index is -0.749. The van der Waals surface area contributed by atoms with Gasteiger partial charge in [0.2, 0.25) is 11.8 Å². The summed E-state index contributed by atoms with van der Waals surface area (Å²) in [4.78, 5) is 30.9. The quantitative estimate of drug-likeness (QED) is 0.811. The lowest BCUT2D eigenvalue weighted by atomic mass is 9.50. The molecule has 4 aliphatic carbocycles. The van der Waals surface area contributed by atoms with E-state index in [1.54, 1.807) is 17.3 Å². The number of pyridine rings is 1. The lowest BCUT2D eigenvalue weighted by Gasteiger charge is -2.59. The van der Waals surface area contributed by atoms with Crippen molar-refractivity contribution in [1.29, 1.82) is 0 Å². The number of carbonyl (C=O) groups excluding carboxylic acids is 2. The summed E-state index contributed by atoms with van der Waals surface area (Å²) >= 11 is 0. The second-order valence-electron chi connectivity index (χ2n) is 9.55. The van der Waals surface area contributed by atoms with Gasteiger partial charge in [0.1, 0.15) is 0 Å². The van der Waals surface area contributed by atoms with Gasteiger partial charge in [0, 0.05) is 38.4 Å². The van der Waals surface area contributed by atoms with Crippen molar-refractivity contribution in [2.75, 3.05) is 13.1 Å². The molecule has 2 N–H and O–H groups in total. The highest BCUT2D eigenvalue weighted by atomic mass is 16.3. The molecule has 0 radical (unpaired) electrons. The average molecular weight is 383 g/mol. The number of hydrogen-bond donors (Lipinski definition) is 2. The zero-order valence-electron chi connectivity index (χ0n) is 16.2. The Kier molecular flexibility index (Phi) is 4.42. The molecule has 6 heteroatoms. The Morgan fingerprint density at radius 2 is 1.93 bits per heavy atom. The highest BCUT2D eigenvalue weighted by Crippen LogP contribution is 2.58. The summed E-state index contributed by atoms with van der Waals surface area (Å²) in [6, 6.07) is 3.79. The molecule has 28 heavy (non-hydrogen) atoms. The maximum absolute atomic E-state index is 12.8. The Morgan fingerprint density at radius 1 is 1.21 bits per heavy atom. The minimum absolute atomic E-state index is 0.0114. The highest BCUT2D eigenvalue weighted by Gasteiger charge is 2.56. The first kappa shape index (κ1) is 18.1. The van der Waals surface area contributed by atoms with Gasteiger partial charge in [-0.15, -0.1) is 0 Å². The van der Waals surface area contributed by atoms with Crippen LogP contribution in [0, 0.1) is 29.6 Å². The van der Waals surface area contributed by atoms with Gasteiger partial charge in [-0.2, -0.15) is 0 Å². The van der Waals surface area contributed by atoms with Gasteiger partial charge in [0.15, 0.2) is 0 Å². The zero-order valence-corrected chi connectivity index (χ0v) is 16.2. The molecule has 6 rings (SSSR count). The fraction of sp³-hybridized carbons (Fsp3) is 0.682. The SMILES string of the molecule is O=C(NCC1(O)C2CC3CC(C2)CC1C3)[C@H]1CC(=O)N(Cc2cccnc2)C1. The molecule has 1 saturated heterocycles. The summed E-state index contributed by atoms with van der Waals surface area (Å²) in [7, 11) is 0. The van der Waals surface area contributed by atoms with Crippen molar-refractivity contribution in [3.05, 3.63) is 30.1 Å². The Balaban J connectivity index is 1.18. The third-order valence-corrected chi connectivity index (χ3v) is 7.78. The molecule has 0 unspecified atom stereocenters. The Labute approximate surface area is 165 Å². The molecule has 5 fully saturated rings. The fourth-order valence-corrected chi connectivity index (χ4v) is 6.47. The van der Waals surface area contributed by atoms with Crippen LogP contribution in [0.15, 0.2) is 24.5 Å². The Hall–Kier alpha value is -1.95. The number of nitrogens with zero attached hydrogens (tertiary/aromatic N) is 2. The number of hydrogen-bond acceptors (Lipinski definition) is 4. The van der Waals surface area contributed by atoms with Crippen LogP contribution in [0.5, 0.6) is 0 Å². The van der Waals surface area contributed by atoms with Crippen molar-refractivity contribution in [2.24, 2.45) is 29.6 Å². The van der Waals surface area contributed by atoms with Gasteiger partial charge in [0.05, 0.1) is 11.5 Å². The number of aromatic nitrogens is 1. The van der Waals surface area contributed by atoms with Gasteiger partial charge in [-0.05, 0) is 67.4 Å². The van der Waals surface area contributed by atoms with Crippen LogP contribution in [-0.4, -0.2) is 45.5 Å². The number of carbonyl (C=O) groups is 2. The van der Waals surface area contributed by atoms with E-state index in [4.69, 9.17) is 0 Å². The van der Waals surface area contributed by atoms with Crippen LogP contribution in [-0.2, 0) is 16.1 Å². The van der Waals surface area contributed by atoms with Gasteiger partial charge in [-0.1, -0.05) is 6.07 Å². The second kappa shape index (κ2) is 6.83. The van der Waals surface area contributed by atoms with Crippen molar-refractivity contribution >= 4 is 11.8 Å². The van der Waals surface area contributed by atoms with Gasteiger partial charge in [0.25, 0.3) is 0 Å². The number of nitrogens with one attached hydrogen (secondary N) is 1. The topological polar surface area (TPSA) is 82.5 Å². The molecule has 0 spiro atoms. The first-order valence-corrected chi connectivity index (χ1v) is 10.7. The van der Waals surface area contributed by atoms with E-state index in [9.17, 15) is 14.7 Å². The van der Waals surface area contributed by atoms with E-state index in [1.165, 1.54) is 6.42 Å². The maximum atomic E-state index is 12.8. The third kappa shape index (κ3) is 3.11. The zero-order chi connectivity index (χ0) is 19.3. The number of amides is 2. The molecule has 1 aromatic heterocycles. The fourth-order valence-electron chi connectivity index (χ4n) is 6.47. The molecule has 4 saturated carbocycles. The van der Waals surface area contributed by atoms with Crippen molar-refractivity contribution in [3.63, 3.8) is 0 Å². The Bertz CT molecular complexity index is 738. The van der Waals surface area contributed by atoms with Crippen LogP contribution in [0.3, 0.4) is 0 Å². The maximum Gasteiger partial charge on any atom is 0.225 e. The molecule has 1 aliphatic heterocycles. The minimum Gasteiger partial charge on any atom is -0.387 e. The number of aliphatic hydroxyl groups is 1. The molecule has 5 aliphatic rings. The summed E-state index contributed by atoms with van der Waals surface area (Å²) < 4.78 is 0. The standard InChI is InChI=1S/C22H29N3O3/c26-20-9-17(12-25(20)11-14-2-1-3-23-10-14)21(27)24-13-22(28)18-5-15-4-16(7-18)8-19(22)6-15/h1-3,10,15-19,28H,4-9,11-13H2,(H,24,27)/t15?,16?,17-,18?,19?,22?/m0/s1. The molecule has 1 atom stereocenters. The van der Waals surface area contributed by atoms with E-state index in [0.717, 1.165) is 43.1 Å². The molecule has 4 bridgehead atoms. The van der Waals surface area contributed by atoms with Gasteiger partial charge < -0.3 is 15.3 Å². The summed E-state index contributed by atoms with van der Waals surface area (Å²) in [5.74, 6) is 1.82. The van der Waals surface area contributed by atoms with Crippen LogP contribution < -0.4 is 5.32 Å². The summed E-state index contributed by atoms with van der Waals surface area (Å²) in [5, 5.41) is 14.4. The molecule has 6 nitrogen and oxygen atoms in total. The first-order valence-electron chi connectivity index (χ1n) is 10.7. The van der Waals surface area contributed by atoms with Crippen LogP contribution in [0.4, 0.5) is 0 Å². The molecule has 2 heterocycles. The molecule has 2 amide bonds. The smallest absolute Gasteiger partial charge is 0.225 e. The predicted octanol–water partition coefficient (Wildman–Crippen LogP) is 1.73. The largest absolute Gasteiger partial charge is 0.387 e. The lowest BCUT2D eigenvalue weighted by molar-refractivity contribution is -0.171. The summed E-state index contributed by atoms with van der Waals surface area (Å²) in [6.07, 6.45) is 9.50. The molecule has 0 aromatic carbocycles. The van der Waals surface area contributed by atoms with Crippen LogP contribution >= 0.6 is 0 Å². The van der Waals surface area contributed by atoms with E-state index < -0.39 is 5.60 Å². The summed E-state index contributed by atoms with van der Waals surface area (Å²) in [6.45, 7) is 1.27. The lowest BCUT2D eigenvalue weighted by Crippen LogP contribution is -2.62. The molecular formula is C22H29N3O3. The van der Waals surface area contributed by atoms with Crippen LogP contribution in [0.25, 0.3) is 0 Å². The highest BCUT2D eigenvalue weighted by molar-refractivity contribution is 5.89. The number of rotatable bonds is 5. The normalized spacial score (nSPS) is 38.8. The first-order chi connectivity index (χ1) is 13.5. The van der Waals surface area contributed by atoms with Crippen molar-refractivity contribution in [2.45, 2.75) is 50.7 Å². The average Bonchev–Trinajstić information content (AvgIpc) is 3.05.